The molecule has 0 spiro atoms. The largest absolute Gasteiger partial charge is 0.461 e. The SMILES string of the molecule is CCOC(=O)c1nnsc1Sc1snnc1C(=O)NC. The van der Waals surface area contributed by atoms with Crippen LogP contribution in [0.1, 0.15) is 27.9 Å². The minimum atomic E-state index is -0.539. The molecule has 2 heterocycles. The van der Waals surface area contributed by atoms with Crippen LogP contribution in [0.25, 0.3) is 0 Å². The van der Waals surface area contributed by atoms with E-state index in [1.165, 1.54) is 18.8 Å². The third-order valence-corrected chi connectivity index (χ3v) is 4.76. The highest BCUT2D eigenvalue weighted by Gasteiger charge is 2.23. The lowest BCUT2D eigenvalue weighted by Crippen LogP contribution is -2.18. The van der Waals surface area contributed by atoms with Crippen LogP contribution in [0.4, 0.5) is 0 Å². The Balaban J connectivity index is 2.23. The molecule has 8 nitrogen and oxygen atoms in total. The summed E-state index contributed by atoms with van der Waals surface area (Å²) in [4.78, 5) is 23.3. The Hall–Kier alpha value is -1.59. The Bertz CT molecular complexity index is 626. The van der Waals surface area contributed by atoms with E-state index in [1.807, 2.05) is 0 Å². The van der Waals surface area contributed by atoms with E-state index in [-0.39, 0.29) is 23.9 Å². The van der Waals surface area contributed by atoms with Gasteiger partial charge in [0, 0.05) is 7.05 Å². The zero-order chi connectivity index (χ0) is 14.5. The summed E-state index contributed by atoms with van der Waals surface area (Å²) < 4.78 is 13.5. The maximum Gasteiger partial charge on any atom is 0.361 e. The van der Waals surface area contributed by atoms with Crippen LogP contribution in [0.3, 0.4) is 0 Å². The van der Waals surface area contributed by atoms with Gasteiger partial charge in [0.15, 0.2) is 11.4 Å². The van der Waals surface area contributed by atoms with Gasteiger partial charge in [0.1, 0.15) is 8.42 Å². The monoisotopic (exact) mass is 331 g/mol. The van der Waals surface area contributed by atoms with Gasteiger partial charge < -0.3 is 10.1 Å². The lowest BCUT2D eigenvalue weighted by Gasteiger charge is -2.00. The molecule has 0 aliphatic heterocycles. The molecule has 0 bridgehead atoms. The molecule has 1 N–H and O–H groups in total. The van der Waals surface area contributed by atoms with Gasteiger partial charge in [0.05, 0.1) is 6.61 Å². The molecule has 0 aromatic carbocycles. The molecule has 0 saturated heterocycles. The Morgan fingerprint density at radius 1 is 1.20 bits per heavy atom. The van der Waals surface area contributed by atoms with Gasteiger partial charge >= 0.3 is 5.97 Å². The number of nitrogens with one attached hydrogen (secondary N) is 1. The first-order chi connectivity index (χ1) is 9.67. The predicted molar refractivity (Wildman–Crippen MR) is 73.3 cm³/mol. The van der Waals surface area contributed by atoms with E-state index >= 15 is 0 Å². The second-order valence-electron chi connectivity index (χ2n) is 3.22. The summed E-state index contributed by atoms with van der Waals surface area (Å²) in [6.07, 6.45) is 0. The third kappa shape index (κ3) is 3.11. The number of aromatic nitrogens is 4. The van der Waals surface area contributed by atoms with Crippen LogP contribution in [0.5, 0.6) is 0 Å². The fourth-order valence-corrected chi connectivity index (χ4v) is 3.76. The molecule has 0 aliphatic carbocycles. The molecule has 2 rings (SSSR count). The molecule has 1 amide bonds. The van der Waals surface area contributed by atoms with Crippen LogP contribution >= 0.6 is 34.8 Å². The maximum absolute atomic E-state index is 11.7. The molecule has 0 unspecified atom stereocenters. The van der Waals surface area contributed by atoms with Crippen LogP contribution in [-0.4, -0.2) is 44.7 Å². The van der Waals surface area contributed by atoms with E-state index in [0.29, 0.717) is 8.42 Å². The molecule has 0 atom stereocenters. The minimum absolute atomic E-state index is 0.137. The molecule has 0 aliphatic rings. The topological polar surface area (TPSA) is 107 Å². The van der Waals surface area contributed by atoms with Crippen molar-refractivity contribution >= 4 is 46.7 Å². The molecule has 0 saturated carbocycles. The standard InChI is InChI=1S/C9H9N5O3S3/c1-3-17-7(16)5-9(20-14-12-5)18-8-4(6(15)10-2)11-13-19-8/h3H2,1-2H3,(H,10,15). The van der Waals surface area contributed by atoms with Gasteiger partial charge in [-0.05, 0) is 30.0 Å². The van der Waals surface area contributed by atoms with E-state index in [2.05, 4.69) is 24.5 Å². The minimum Gasteiger partial charge on any atom is -0.461 e. The van der Waals surface area contributed by atoms with E-state index in [4.69, 9.17) is 4.74 Å². The van der Waals surface area contributed by atoms with Crippen molar-refractivity contribution in [1.82, 2.24) is 24.5 Å². The van der Waals surface area contributed by atoms with Crippen molar-refractivity contribution < 1.29 is 14.3 Å². The average molecular weight is 331 g/mol. The van der Waals surface area contributed by atoms with Crippen molar-refractivity contribution in [2.75, 3.05) is 13.7 Å². The molecule has 0 radical (unpaired) electrons. The van der Waals surface area contributed by atoms with E-state index < -0.39 is 5.97 Å². The van der Waals surface area contributed by atoms with Gasteiger partial charge in [-0.2, -0.15) is 0 Å². The van der Waals surface area contributed by atoms with Gasteiger partial charge in [0.2, 0.25) is 0 Å². The Morgan fingerprint density at radius 3 is 2.40 bits per heavy atom. The number of carbonyl (C=O) groups excluding carboxylic acids is 2. The number of hydrogen-bond acceptors (Lipinski definition) is 10. The highest BCUT2D eigenvalue weighted by atomic mass is 32.2. The van der Waals surface area contributed by atoms with E-state index in [9.17, 15) is 9.59 Å². The zero-order valence-corrected chi connectivity index (χ0v) is 12.9. The predicted octanol–water partition coefficient (Wildman–Crippen LogP) is 1.08. The quantitative estimate of drug-likeness (QED) is 0.811. The lowest BCUT2D eigenvalue weighted by molar-refractivity contribution is 0.0515. The fraction of sp³-hybridized carbons (Fsp3) is 0.333. The number of nitrogens with zero attached hydrogens (tertiary/aromatic N) is 4. The van der Waals surface area contributed by atoms with E-state index in [1.54, 1.807) is 6.92 Å². The zero-order valence-electron chi connectivity index (χ0n) is 10.4. The van der Waals surface area contributed by atoms with Gasteiger partial charge in [0.25, 0.3) is 5.91 Å². The molecule has 20 heavy (non-hydrogen) atoms. The van der Waals surface area contributed by atoms with Crippen molar-refractivity contribution in [2.45, 2.75) is 15.3 Å². The smallest absolute Gasteiger partial charge is 0.361 e. The summed E-state index contributed by atoms with van der Waals surface area (Å²) in [7, 11) is 1.51. The second-order valence-corrected chi connectivity index (χ2v) is 6.27. The van der Waals surface area contributed by atoms with Crippen molar-refractivity contribution in [2.24, 2.45) is 0 Å². The number of carbonyl (C=O) groups is 2. The number of esters is 1. The number of rotatable bonds is 5. The first kappa shape index (κ1) is 14.8. The molecule has 11 heteroatoms. The first-order valence-electron chi connectivity index (χ1n) is 5.39. The number of ether oxygens (including phenoxy) is 1. The second kappa shape index (κ2) is 6.72. The third-order valence-electron chi connectivity index (χ3n) is 2.01. The van der Waals surface area contributed by atoms with Crippen LogP contribution < -0.4 is 5.32 Å². The summed E-state index contributed by atoms with van der Waals surface area (Å²) in [6.45, 7) is 1.97. The normalized spacial score (nSPS) is 10.3. The molecule has 2 aromatic rings. The molecular formula is C9H9N5O3S3. The van der Waals surface area contributed by atoms with Gasteiger partial charge in [-0.1, -0.05) is 20.7 Å². The van der Waals surface area contributed by atoms with Gasteiger partial charge in [-0.15, -0.1) is 10.2 Å². The summed E-state index contributed by atoms with van der Waals surface area (Å²) in [5.41, 5.74) is 0.351. The Morgan fingerprint density at radius 2 is 1.80 bits per heavy atom. The molecule has 0 fully saturated rings. The average Bonchev–Trinajstić information content (AvgIpc) is 3.08. The summed E-state index contributed by atoms with van der Waals surface area (Å²) in [5, 5.41) is 9.99. The number of hydrogen-bond donors (Lipinski definition) is 1. The summed E-state index contributed by atoms with van der Waals surface area (Å²) in [5.74, 6) is -0.876. The van der Waals surface area contributed by atoms with Crippen LogP contribution in [0.15, 0.2) is 8.42 Å². The van der Waals surface area contributed by atoms with Crippen LogP contribution in [-0.2, 0) is 4.74 Å². The lowest BCUT2D eigenvalue weighted by atomic mass is 10.5. The Labute approximate surface area is 126 Å². The molecular weight excluding hydrogens is 322 g/mol. The van der Waals surface area contributed by atoms with Crippen LogP contribution in [0, 0.1) is 0 Å². The van der Waals surface area contributed by atoms with E-state index in [0.717, 1.165) is 23.1 Å². The van der Waals surface area contributed by atoms with Gasteiger partial charge in [-0.3, -0.25) is 4.79 Å². The maximum atomic E-state index is 11.7. The Kier molecular flexibility index (Phi) is 4.98. The van der Waals surface area contributed by atoms with Crippen molar-refractivity contribution in [3.8, 4) is 0 Å². The first-order valence-corrected chi connectivity index (χ1v) is 7.75. The molecule has 106 valence electrons. The van der Waals surface area contributed by atoms with Crippen molar-refractivity contribution in [3.05, 3.63) is 11.4 Å². The highest BCUT2D eigenvalue weighted by molar-refractivity contribution is 8.02. The van der Waals surface area contributed by atoms with Crippen molar-refractivity contribution in [3.63, 3.8) is 0 Å². The van der Waals surface area contributed by atoms with Gasteiger partial charge in [-0.25, -0.2) is 4.79 Å². The highest BCUT2D eigenvalue weighted by Crippen LogP contribution is 2.36. The van der Waals surface area contributed by atoms with Crippen molar-refractivity contribution in [1.29, 1.82) is 0 Å². The summed E-state index contributed by atoms with van der Waals surface area (Å²) in [6, 6.07) is 0. The molecule has 2 aromatic heterocycles. The fourth-order valence-electron chi connectivity index (χ4n) is 1.16. The number of amides is 1. The van der Waals surface area contributed by atoms with Crippen LogP contribution in [0.2, 0.25) is 0 Å². The summed E-state index contributed by atoms with van der Waals surface area (Å²) >= 11 is 3.29.